The van der Waals surface area contributed by atoms with Gasteiger partial charge in [0.25, 0.3) is 0 Å². The minimum Gasteiger partial charge on any atom is -0.487 e. The Morgan fingerprint density at radius 2 is 2.25 bits per heavy atom. The lowest BCUT2D eigenvalue weighted by molar-refractivity contribution is 0.0807. The van der Waals surface area contributed by atoms with Crippen LogP contribution in [-0.4, -0.2) is 17.9 Å². The van der Waals surface area contributed by atoms with Crippen molar-refractivity contribution in [1.82, 2.24) is 0 Å². The molecule has 86 valence electrons. The number of hydrogen-bond donors (Lipinski definition) is 1. The number of para-hydroxylation sites is 1. The number of ketones is 1. The van der Waals surface area contributed by atoms with Crippen LogP contribution in [-0.2, 0) is 6.42 Å². The zero-order chi connectivity index (χ0) is 11.8. The van der Waals surface area contributed by atoms with Crippen LogP contribution in [0.5, 0.6) is 5.75 Å². The molecule has 1 aliphatic rings. The van der Waals surface area contributed by atoms with Gasteiger partial charge in [0, 0.05) is 0 Å². The number of benzene rings is 1. The maximum atomic E-state index is 11.7. The van der Waals surface area contributed by atoms with E-state index in [9.17, 15) is 4.79 Å². The molecule has 16 heavy (non-hydrogen) atoms. The molecule has 0 aromatic heterocycles. The van der Waals surface area contributed by atoms with Crippen LogP contribution in [0.4, 0.5) is 0 Å². The monoisotopic (exact) mass is 219 g/mol. The molecule has 0 fully saturated rings. The molecule has 1 heterocycles. The molecule has 3 nitrogen and oxygen atoms in total. The summed E-state index contributed by atoms with van der Waals surface area (Å²) in [6.07, 6.45) is 1.92. The SMILES string of the molecule is CC1(C)CCc2cccc(C(=O)CN)c2O1. The van der Waals surface area contributed by atoms with Gasteiger partial charge in [0.05, 0.1) is 12.1 Å². The smallest absolute Gasteiger partial charge is 0.180 e. The fourth-order valence-electron chi connectivity index (χ4n) is 1.99. The molecule has 1 aromatic carbocycles. The van der Waals surface area contributed by atoms with Gasteiger partial charge in [-0.3, -0.25) is 4.79 Å². The van der Waals surface area contributed by atoms with Crippen molar-refractivity contribution in [2.75, 3.05) is 6.54 Å². The van der Waals surface area contributed by atoms with Gasteiger partial charge >= 0.3 is 0 Å². The van der Waals surface area contributed by atoms with Gasteiger partial charge in [-0.2, -0.15) is 0 Å². The number of rotatable bonds is 2. The fraction of sp³-hybridized carbons (Fsp3) is 0.462. The fourth-order valence-corrected chi connectivity index (χ4v) is 1.99. The first-order valence-corrected chi connectivity index (χ1v) is 5.58. The molecule has 0 amide bonds. The number of fused-ring (bicyclic) bond motifs is 1. The number of carbonyl (C=O) groups excluding carboxylic acids is 1. The summed E-state index contributed by atoms with van der Waals surface area (Å²) < 4.78 is 5.90. The van der Waals surface area contributed by atoms with Gasteiger partial charge in [0.1, 0.15) is 11.4 Å². The summed E-state index contributed by atoms with van der Waals surface area (Å²) in [6.45, 7) is 4.11. The number of ether oxygens (including phenoxy) is 1. The largest absolute Gasteiger partial charge is 0.487 e. The van der Waals surface area contributed by atoms with Crippen molar-refractivity contribution in [3.8, 4) is 5.75 Å². The van der Waals surface area contributed by atoms with Gasteiger partial charge in [-0.1, -0.05) is 12.1 Å². The van der Waals surface area contributed by atoms with Crippen LogP contribution in [0.25, 0.3) is 0 Å². The highest BCUT2D eigenvalue weighted by Gasteiger charge is 2.29. The molecule has 3 heteroatoms. The van der Waals surface area contributed by atoms with Crippen LogP contribution in [0, 0.1) is 0 Å². The highest BCUT2D eigenvalue weighted by atomic mass is 16.5. The van der Waals surface area contributed by atoms with Crippen molar-refractivity contribution < 1.29 is 9.53 Å². The molecule has 2 rings (SSSR count). The van der Waals surface area contributed by atoms with Crippen LogP contribution in [0.2, 0.25) is 0 Å². The molecule has 2 N–H and O–H groups in total. The molecule has 0 spiro atoms. The second-order valence-corrected chi connectivity index (χ2v) is 4.78. The zero-order valence-electron chi connectivity index (χ0n) is 9.75. The van der Waals surface area contributed by atoms with Crippen LogP contribution < -0.4 is 10.5 Å². The first-order chi connectivity index (χ1) is 7.53. The molecule has 1 aliphatic heterocycles. The molecule has 1 aromatic rings. The highest BCUT2D eigenvalue weighted by Crippen LogP contribution is 2.35. The van der Waals surface area contributed by atoms with Gasteiger partial charge in [-0.15, -0.1) is 0 Å². The average molecular weight is 219 g/mol. The van der Waals surface area contributed by atoms with E-state index >= 15 is 0 Å². The molecular weight excluding hydrogens is 202 g/mol. The van der Waals surface area contributed by atoms with Gasteiger partial charge in [-0.25, -0.2) is 0 Å². The topological polar surface area (TPSA) is 52.3 Å². The molecular formula is C13H17NO2. The first-order valence-electron chi connectivity index (χ1n) is 5.58. The Morgan fingerprint density at radius 1 is 1.50 bits per heavy atom. The lowest BCUT2D eigenvalue weighted by Crippen LogP contribution is -2.33. The van der Waals surface area contributed by atoms with Crippen molar-refractivity contribution in [1.29, 1.82) is 0 Å². The Labute approximate surface area is 95.6 Å². The normalized spacial score (nSPS) is 17.4. The third kappa shape index (κ3) is 1.95. The Morgan fingerprint density at radius 3 is 2.94 bits per heavy atom. The van der Waals surface area contributed by atoms with Crippen molar-refractivity contribution >= 4 is 5.78 Å². The van der Waals surface area contributed by atoms with Gasteiger partial charge < -0.3 is 10.5 Å². The standard InChI is InChI=1S/C13H17NO2/c1-13(2)7-6-9-4-3-5-10(11(15)8-14)12(9)16-13/h3-5H,6-8,14H2,1-2H3. The second-order valence-electron chi connectivity index (χ2n) is 4.78. The van der Waals surface area contributed by atoms with E-state index in [0.717, 1.165) is 24.2 Å². The first kappa shape index (κ1) is 11.1. The van der Waals surface area contributed by atoms with Crippen LogP contribution in [0.15, 0.2) is 18.2 Å². The molecule has 0 aliphatic carbocycles. The molecule has 0 saturated heterocycles. The summed E-state index contributed by atoms with van der Waals surface area (Å²) >= 11 is 0. The summed E-state index contributed by atoms with van der Waals surface area (Å²) in [6, 6.07) is 5.69. The van der Waals surface area contributed by atoms with E-state index in [1.54, 1.807) is 6.07 Å². The highest BCUT2D eigenvalue weighted by molar-refractivity contribution is 6.00. The zero-order valence-corrected chi connectivity index (χ0v) is 9.75. The van der Waals surface area contributed by atoms with Crippen LogP contribution >= 0.6 is 0 Å². The second kappa shape index (κ2) is 3.91. The van der Waals surface area contributed by atoms with Crippen molar-refractivity contribution in [3.05, 3.63) is 29.3 Å². The number of aryl methyl sites for hydroxylation is 1. The number of Topliss-reactive ketones (excluding diaryl/α,β-unsaturated/α-hetero) is 1. The predicted molar refractivity (Wildman–Crippen MR) is 62.9 cm³/mol. The minimum absolute atomic E-state index is 0.0280. The van der Waals surface area contributed by atoms with Crippen molar-refractivity contribution in [3.63, 3.8) is 0 Å². The lowest BCUT2D eigenvalue weighted by atomic mass is 9.92. The molecule has 0 bridgehead atoms. The summed E-state index contributed by atoms with van der Waals surface area (Å²) in [4.78, 5) is 11.7. The van der Waals surface area contributed by atoms with Crippen LogP contribution in [0.3, 0.4) is 0 Å². The Kier molecular flexibility index (Phi) is 2.72. The summed E-state index contributed by atoms with van der Waals surface area (Å²) in [5, 5.41) is 0. The average Bonchev–Trinajstić information content (AvgIpc) is 2.26. The van der Waals surface area contributed by atoms with Crippen molar-refractivity contribution in [2.24, 2.45) is 5.73 Å². The summed E-state index contributed by atoms with van der Waals surface area (Å²) in [7, 11) is 0. The van der Waals surface area contributed by atoms with E-state index < -0.39 is 0 Å². The van der Waals surface area contributed by atoms with Gasteiger partial charge in [0.2, 0.25) is 0 Å². The van der Waals surface area contributed by atoms with Gasteiger partial charge in [0.15, 0.2) is 5.78 Å². The Balaban J connectivity index is 2.46. The summed E-state index contributed by atoms with van der Waals surface area (Å²) in [5.74, 6) is 0.670. The van der Waals surface area contributed by atoms with Crippen LogP contribution in [0.1, 0.15) is 36.2 Å². The maximum Gasteiger partial charge on any atom is 0.180 e. The minimum atomic E-state index is -0.196. The van der Waals surface area contributed by atoms with E-state index in [1.807, 2.05) is 26.0 Å². The quantitative estimate of drug-likeness (QED) is 0.773. The predicted octanol–water partition coefficient (Wildman–Crippen LogP) is 1.93. The molecule has 0 unspecified atom stereocenters. The Bertz CT molecular complexity index is 424. The number of hydrogen-bond acceptors (Lipinski definition) is 3. The van der Waals surface area contributed by atoms with Gasteiger partial charge in [-0.05, 0) is 38.3 Å². The number of nitrogens with two attached hydrogens (primary N) is 1. The third-order valence-electron chi connectivity index (χ3n) is 2.96. The van der Waals surface area contributed by atoms with E-state index in [4.69, 9.17) is 10.5 Å². The van der Waals surface area contributed by atoms with E-state index in [1.165, 1.54) is 0 Å². The lowest BCUT2D eigenvalue weighted by Gasteiger charge is -2.33. The Hall–Kier alpha value is -1.35. The molecule has 0 saturated carbocycles. The van der Waals surface area contributed by atoms with E-state index in [-0.39, 0.29) is 17.9 Å². The molecule has 0 radical (unpaired) electrons. The molecule has 0 atom stereocenters. The summed E-state index contributed by atoms with van der Waals surface area (Å²) in [5.41, 5.74) is 6.93. The van der Waals surface area contributed by atoms with E-state index in [2.05, 4.69) is 0 Å². The maximum absolute atomic E-state index is 11.7. The number of carbonyl (C=O) groups is 1. The van der Waals surface area contributed by atoms with Crippen molar-refractivity contribution in [2.45, 2.75) is 32.3 Å². The van der Waals surface area contributed by atoms with E-state index in [0.29, 0.717) is 5.56 Å². The third-order valence-corrected chi connectivity index (χ3v) is 2.96.